The number of hydrogen-bond acceptors (Lipinski definition) is 2. The van der Waals surface area contributed by atoms with Gasteiger partial charge in [0, 0.05) is 17.1 Å². The second-order valence-corrected chi connectivity index (χ2v) is 5.43. The summed E-state index contributed by atoms with van der Waals surface area (Å²) in [6, 6.07) is 6.69. The molecule has 0 heterocycles. The lowest BCUT2D eigenvalue weighted by Gasteiger charge is -2.20. The highest BCUT2D eigenvalue weighted by molar-refractivity contribution is 6.30. The first-order valence-electron chi connectivity index (χ1n) is 5.84. The summed E-state index contributed by atoms with van der Waals surface area (Å²) in [7, 11) is 0. The summed E-state index contributed by atoms with van der Waals surface area (Å²) >= 11 is 5.76. The zero-order valence-corrected chi connectivity index (χ0v) is 11.9. The van der Waals surface area contributed by atoms with Gasteiger partial charge in [-0.3, -0.25) is 0 Å². The fraction of sp³-hybridized carbons (Fsp3) is 0.357. The summed E-state index contributed by atoms with van der Waals surface area (Å²) in [6.07, 6.45) is -0.124. The molecule has 3 nitrogen and oxygen atoms in total. The van der Waals surface area contributed by atoms with Crippen LogP contribution in [0.1, 0.15) is 26.3 Å². The second kappa shape index (κ2) is 6.57. The molecule has 0 saturated carbocycles. The maximum Gasteiger partial charge on any atom is 0.407 e. The molecule has 0 unspecified atom stereocenters. The molecular formula is C14H17ClFNO2. The number of alkyl carbamates (subject to hydrolysis) is 1. The molecule has 0 radical (unpaired) electrons. The molecule has 0 fully saturated rings. The third kappa shape index (κ3) is 5.75. The number of rotatable bonds is 3. The maximum atomic E-state index is 12.8. The molecule has 0 saturated heterocycles. The van der Waals surface area contributed by atoms with E-state index in [1.165, 1.54) is 0 Å². The highest BCUT2D eigenvalue weighted by atomic mass is 35.5. The maximum absolute atomic E-state index is 12.8. The predicted molar refractivity (Wildman–Crippen MR) is 74.8 cm³/mol. The number of nitrogens with one attached hydrogen (secondary N) is 1. The normalized spacial score (nSPS) is 12.2. The van der Waals surface area contributed by atoms with Gasteiger partial charge in [0.15, 0.2) is 0 Å². The van der Waals surface area contributed by atoms with E-state index in [2.05, 4.69) is 5.32 Å². The van der Waals surface area contributed by atoms with Gasteiger partial charge in [-0.15, -0.1) is 0 Å². The Morgan fingerprint density at radius 2 is 1.95 bits per heavy atom. The molecule has 1 aromatic carbocycles. The first-order valence-corrected chi connectivity index (χ1v) is 6.21. The Balaban J connectivity index is 2.60. The Kier molecular flexibility index (Phi) is 5.36. The largest absolute Gasteiger partial charge is 0.444 e. The lowest BCUT2D eigenvalue weighted by atomic mass is 10.1. The molecule has 0 spiro atoms. The van der Waals surface area contributed by atoms with E-state index in [0.717, 1.165) is 0 Å². The van der Waals surface area contributed by atoms with Gasteiger partial charge in [0.2, 0.25) is 0 Å². The number of carbonyl (C=O) groups excluding carboxylic acids is 1. The molecule has 1 amide bonds. The van der Waals surface area contributed by atoms with Crippen molar-refractivity contribution in [2.75, 3.05) is 6.54 Å². The second-order valence-electron chi connectivity index (χ2n) is 5.00. The van der Waals surface area contributed by atoms with Crippen molar-refractivity contribution in [3.8, 4) is 0 Å². The Bertz CT molecular complexity index is 463. The summed E-state index contributed by atoms with van der Waals surface area (Å²) in [5.74, 6) is 0. The number of amides is 1. The fourth-order valence-electron chi connectivity index (χ4n) is 1.35. The Hall–Kier alpha value is -1.55. The molecule has 1 aromatic rings. The molecule has 0 aliphatic carbocycles. The molecule has 104 valence electrons. The SMILES string of the molecule is CC(C)(C)OC(=O)NC/C(=C/F)c1ccc(Cl)cc1. The number of halogens is 2. The molecule has 5 heteroatoms. The van der Waals surface area contributed by atoms with Crippen LogP contribution in [0.2, 0.25) is 5.02 Å². The van der Waals surface area contributed by atoms with Crippen LogP contribution in [0.5, 0.6) is 0 Å². The van der Waals surface area contributed by atoms with Gasteiger partial charge in [-0.25, -0.2) is 9.18 Å². The topological polar surface area (TPSA) is 38.3 Å². The number of benzene rings is 1. The number of carbonyl (C=O) groups is 1. The fourth-order valence-corrected chi connectivity index (χ4v) is 1.48. The van der Waals surface area contributed by atoms with Gasteiger partial charge in [0.1, 0.15) is 5.60 Å². The summed E-state index contributed by atoms with van der Waals surface area (Å²) in [5.41, 5.74) is 0.426. The van der Waals surface area contributed by atoms with Crippen molar-refractivity contribution < 1.29 is 13.9 Å². The number of hydrogen-bond donors (Lipinski definition) is 1. The third-order valence-electron chi connectivity index (χ3n) is 2.17. The zero-order chi connectivity index (χ0) is 14.5. The predicted octanol–water partition coefficient (Wildman–Crippen LogP) is 4.18. The van der Waals surface area contributed by atoms with E-state index < -0.39 is 11.7 Å². The Morgan fingerprint density at radius 3 is 2.42 bits per heavy atom. The van der Waals surface area contributed by atoms with Crippen LogP contribution in [-0.2, 0) is 4.74 Å². The Morgan fingerprint density at radius 1 is 1.37 bits per heavy atom. The lowest BCUT2D eigenvalue weighted by Crippen LogP contribution is -2.33. The Labute approximate surface area is 117 Å². The van der Waals surface area contributed by atoms with E-state index in [0.29, 0.717) is 22.5 Å². The van der Waals surface area contributed by atoms with Crippen LogP contribution in [0.25, 0.3) is 5.57 Å². The van der Waals surface area contributed by atoms with Gasteiger partial charge in [-0.1, -0.05) is 23.7 Å². The van der Waals surface area contributed by atoms with E-state index in [1.807, 2.05) is 0 Å². The summed E-state index contributed by atoms with van der Waals surface area (Å²) < 4.78 is 17.9. The molecule has 0 aliphatic heterocycles. The first-order chi connectivity index (χ1) is 8.81. The molecule has 1 rings (SSSR count). The van der Waals surface area contributed by atoms with Gasteiger partial charge < -0.3 is 10.1 Å². The van der Waals surface area contributed by atoms with Crippen molar-refractivity contribution in [2.24, 2.45) is 0 Å². The molecule has 0 aromatic heterocycles. The van der Waals surface area contributed by atoms with Crippen LogP contribution in [0.3, 0.4) is 0 Å². The average Bonchev–Trinajstić information content (AvgIpc) is 2.29. The molecule has 0 aliphatic rings. The summed E-state index contributed by atoms with van der Waals surface area (Å²) in [6.45, 7) is 5.33. The minimum atomic E-state index is -0.583. The highest BCUT2D eigenvalue weighted by Crippen LogP contribution is 2.17. The van der Waals surface area contributed by atoms with E-state index in [9.17, 15) is 9.18 Å². The van der Waals surface area contributed by atoms with Gasteiger partial charge in [0.05, 0.1) is 6.33 Å². The van der Waals surface area contributed by atoms with E-state index in [1.54, 1.807) is 45.0 Å². The molecular weight excluding hydrogens is 269 g/mol. The van der Waals surface area contributed by atoms with Crippen LogP contribution in [-0.4, -0.2) is 18.2 Å². The van der Waals surface area contributed by atoms with Crippen molar-refractivity contribution in [3.05, 3.63) is 41.2 Å². The van der Waals surface area contributed by atoms with Crippen molar-refractivity contribution in [1.29, 1.82) is 0 Å². The van der Waals surface area contributed by atoms with E-state index in [-0.39, 0.29) is 6.54 Å². The van der Waals surface area contributed by atoms with Crippen LogP contribution >= 0.6 is 11.6 Å². The quantitative estimate of drug-likeness (QED) is 0.905. The van der Waals surface area contributed by atoms with Gasteiger partial charge in [-0.05, 0) is 38.5 Å². The first kappa shape index (κ1) is 15.5. The molecule has 19 heavy (non-hydrogen) atoms. The van der Waals surface area contributed by atoms with Crippen LogP contribution in [0, 0.1) is 0 Å². The minimum absolute atomic E-state index is 0.0487. The van der Waals surface area contributed by atoms with E-state index in [4.69, 9.17) is 16.3 Å². The van der Waals surface area contributed by atoms with Crippen molar-refractivity contribution in [3.63, 3.8) is 0 Å². The van der Waals surface area contributed by atoms with Crippen molar-refractivity contribution >= 4 is 23.3 Å². The third-order valence-corrected chi connectivity index (χ3v) is 2.42. The summed E-state index contributed by atoms with van der Waals surface area (Å²) in [4.78, 5) is 11.5. The van der Waals surface area contributed by atoms with Crippen LogP contribution in [0.15, 0.2) is 30.6 Å². The standard InChI is InChI=1S/C14H17ClFNO2/c1-14(2,3)19-13(18)17-9-11(8-16)10-4-6-12(15)7-5-10/h4-8H,9H2,1-3H3,(H,17,18)/b11-8-. The number of ether oxygens (including phenoxy) is 1. The smallest absolute Gasteiger partial charge is 0.407 e. The summed E-state index contributed by atoms with van der Waals surface area (Å²) in [5, 5.41) is 3.07. The van der Waals surface area contributed by atoms with Crippen LogP contribution in [0.4, 0.5) is 9.18 Å². The zero-order valence-electron chi connectivity index (χ0n) is 11.2. The van der Waals surface area contributed by atoms with Gasteiger partial charge in [-0.2, -0.15) is 0 Å². The molecule has 0 bridgehead atoms. The van der Waals surface area contributed by atoms with E-state index >= 15 is 0 Å². The monoisotopic (exact) mass is 285 g/mol. The van der Waals surface area contributed by atoms with Crippen LogP contribution < -0.4 is 5.32 Å². The van der Waals surface area contributed by atoms with Gasteiger partial charge in [0.25, 0.3) is 0 Å². The highest BCUT2D eigenvalue weighted by Gasteiger charge is 2.16. The minimum Gasteiger partial charge on any atom is -0.444 e. The van der Waals surface area contributed by atoms with Crippen molar-refractivity contribution in [1.82, 2.24) is 5.32 Å². The van der Waals surface area contributed by atoms with Gasteiger partial charge >= 0.3 is 6.09 Å². The average molecular weight is 286 g/mol. The van der Waals surface area contributed by atoms with Crippen molar-refractivity contribution in [2.45, 2.75) is 26.4 Å². The molecule has 0 atom stereocenters. The molecule has 1 N–H and O–H groups in total. The lowest BCUT2D eigenvalue weighted by molar-refractivity contribution is 0.0535.